The maximum Gasteiger partial charge on any atom is 0.216 e. The number of ether oxygens (including phenoxy) is 1. The number of carbonyl (C=O) groups is 1. The van der Waals surface area contributed by atoms with Gasteiger partial charge in [0.1, 0.15) is 12.4 Å². The van der Waals surface area contributed by atoms with Crippen LogP contribution in [0.25, 0.3) is 11.1 Å². The second-order valence-electron chi connectivity index (χ2n) is 6.81. The molecular formula is C23H25ClN2O2S. The van der Waals surface area contributed by atoms with Gasteiger partial charge in [-0.3, -0.25) is 4.79 Å². The lowest BCUT2D eigenvalue weighted by molar-refractivity contribution is -0.118. The summed E-state index contributed by atoms with van der Waals surface area (Å²) in [5.41, 5.74) is 5.91. The lowest BCUT2D eigenvalue weighted by atomic mass is 9.99. The summed E-state index contributed by atoms with van der Waals surface area (Å²) in [6.07, 6.45) is 0. The fourth-order valence-corrected chi connectivity index (χ4v) is 3.97. The number of thiophene rings is 1. The average Bonchev–Trinajstić information content (AvgIpc) is 3.22. The summed E-state index contributed by atoms with van der Waals surface area (Å²) in [6, 6.07) is 14.3. The molecule has 0 fully saturated rings. The third-order valence-electron chi connectivity index (χ3n) is 4.66. The molecule has 0 aliphatic carbocycles. The van der Waals surface area contributed by atoms with E-state index in [1.165, 1.54) is 23.6 Å². The highest BCUT2D eigenvalue weighted by atomic mass is 35.5. The number of hydrogen-bond acceptors (Lipinski definition) is 4. The molecule has 0 aliphatic rings. The third kappa shape index (κ3) is 6.07. The molecule has 0 radical (unpaired) electrons. The Kier molecular flexibility index (Phi) is 7.69. The summed E-state index contributed by atoms with van der Waals surface area (Å²) in [5, 5.41) is 10.9. The van der Waals surface area contributed by atoms with Gasteiger partial charge in [0, 0.05) is 26.6 Å². The largest absolute Gasteiger partial charge is 0.487 e. The first kappa shape index (κ1) is 21.4. The standard InChI is InChI=1S/C23H25ClN2O2S/c1-16-19(4-3-5-21(16)20-8-11-29-15-20)14-28-23-7-6-18(12-22(23)24)13-25-9-10-26-17(2)27/h3-8,11-12,15,25H,9-10,13-14H2,1-2H3,(H,26,27). The van der Waals surface area contributed by atoms with E-state index in [1.54, 1.807) is 11.3 Å². The van der Waals surface area contributed by atoms with Crippen LogP contribution in [0, 0.1) is 6.92 Å². The molecule has 0 spiro atoms. The molecule has 0 unspecified atom stereocenters. The van der Waals surface area contributed by atoms with Crippen LogP contribution in [0.2, 0.25) is 5.02 Å². The molecule has 0 atom stereocenters. The molecular weight excluding hydrogens is 404 g/mol. The van der Waals surface area contributed by atoms with E-state index in [-0.39, 0.29) is 5.91 Å². The molecule has 1 amide bonds. The Labute approximate surface area is 180 Å². The predicted molar refractivity (Wildman–Crippen MR) is 121 cm³/mol. The lowest BCUT2D eigenvalue weighted by Gasteiger charge is -2.13. The molecule has 0 saturated heterocycles. The Hall–Kier alpha value is -2.34. The van der Waals surface area contributed by atoms with E-state index in [0.29, 0.717) is 37.0 Å². The summed E-state index contributed by atoms with van der Waals surface area (Å²) in [6.45, 7) is 6.10. The monoisotopic (exact) mass is 428 g/mol. The normalized spacial score (nSPS) is 10.7. The van der Waals surface area contributed by atoms with Crippen LogP contribution in [-0.2, 0) is 17.9 Å². The molecule has 4 nitrogen and oxygen atoms in total. The molecule has 6 heteroatoms. The SMILES string of the molecule is CC(=O)NCCNCc1ccc(OCc2cccc(-c3ccsc3)c2C)c(Cl)c1. The van der Waals surface area contributed by atoms with Crippen LogP contribution in [0.4, 0.5) is 0 Å². The van der Waals surface area contributed by atoms with Crippen LogP contribution >= 0.6 is 22.9 Å². The highest BCUT2D eigenvalue weighted by Crippen LogP contribution is 2.30. The lowest BCUT2D eigenvalue weighted by Crippen LogP contribution is -2.29. The molecule has 3 rings (SSSR count). The summed E-state index contributed by atoms with van der Waals surface area (Å²) < 4.78 is 6.00. The number of rotatable bonds is 9. The second kappa shape index (κ2) is 10.4. The van der Waals surface area contributed by atoms with Gasteiger partial charge < -0.3 is 15.4 Å². The minimum absolute atomic E-state index is 0.0209. The second-order valence-corrected chi connectivity index (χ2v) is 8.00. The van der Waals surface area contributed by atoms with Crippen molar-refractivity contribution < 1.29 is 9.53 Å². The number of amides is 1. The van der Waals surface area contributed by atoms with Gasteiger partial charge >= 0.3 is 0 Å². The zero-order valence-corrected chi connectivity index (χ0v) is 18.2. The molecule has 3 aromatic rings. The van der Waals surface area contributed by atoms with Gasteiger partial charge in [-0.1, -0.05) is 35.9 Å². The fraction of sp³-hybridized carbons (Fsp3) is 0.261. The highest BCUT2D eigenvalue weighted by Gasteiger charge is 2.09. The van der Waals surface area contributed by atoms with Gasteiger partial charge in [0.15, 0.2) is 0 Å². The Morgan fingerprint density at radius 1 is 1.17 bits per heavy atom. The van der Waals surface area contributed by atoms with Gasteiger partial charge in [-0.25, -0.2) is 0 Å². The van der Waals surface area contributed by atoms with E-state index in [9.17, 15) is 4.79 Å². The zero-order valence-electron chi connectivity index (χ0n) is 16.6. The van der Waals surface area contributed by atoms with E-state index in [4.69, 9.17) is 16.3 Å². The number of halogens is 1. The molecule has 29 heavy (non-hydrogen) atoms. The minimum Gasteiger partial charge on any atom is -0.487 e. The predicted octanol–water partition coefficient (Wildman–Crippen LogP) is 5.18. The van der Waals surface area contributed by atoms with E-state index >= 15 is 0 Å². The maximum atomic E-state index is 10.9. The van der Waals surface area contributed by atoms with Crippen molar-refractivity contribution >= 4 is 28.8 Å². The quantitative estimate of drug-likeness (QED) is 0.461. The van der Waals surface area contributed by atoms with Gasteiger partial charge in [-0.15, -0.1) is 0 Å². The van der Waals surface area contributed by atoms with Crippen LogP contribution in [-0.4, -0.2) is 19.0 Å². The van der Waals surface area contributed by atoms with Crippen LogP contribution in [0.1, 0.15) is 23.6 Å². The minimum atomic E-state index is -0.0209. The van der Waals surface area contributed by atoms with Gasteiger partial charge in [0.2, 0.25) is 5.91 Å². The van der Waals surface area contributed by atoms with Crippen molar-refractivity contribution in [2.45, 2.75) is 27.0 Å². The van der Waals surface area contributed by atoms with Gasteiger partial charge in [-0.2, -0.15) is 11.3 Å². The summed E-state index contributed by atoms with van der Waals surface area (Å²) >= 11 is 8.12. The van der Waals surface area contributed by atoms with Crippen LogP contribution in [0.3, 0.4) is 0 Å². The molecule has 2 N–H and O–H groups in total. The number of nitrogens with one attached hydrogen (secondary N) is 2. The smallest absolute Gasteiger partial charge is 0.216 e. The maximum absolute atomic E-state index is 10.9. The zero-order chi connectivity index (χ0) is 20.6. The third-order valence-corrected chi connectivity index (χ3v) is 5.64. The first-order chi connectivity index (χ1) is 14.0. The molecule has 0 bridgehead atoms. The van der Waals surface area contributed by atoms with Gasteiger partial charge in [-0.05, 0) is 63.7 Å². The van der Waals surface area contributed by atoms with E-state index in [0.717, 1.165) is 11.1 Å². The number of hydrogen-bond donors (Lipinski definition) is 2. The van der Waals surface area contributed by atoms with Crippen molar-refractivity contribution in [2.24, 2.45) is 0 Å². The van der Waals surface area contributed by atoms with Crippen molar-refractivity contribution in [3.63, 3.8) is 0 Å². The Balaban J connectivity index is 1.57. The van der Waals surface area contributed by atoms with Crippen LogP contribution in [0.5, 0.6) is 5.75 Å². The molecule has 0 saturated carbocycles. The molecule has 0 aliphatic heterocycles. The van der Waals surface area contributed by atoms with Crippen molar-refractivity contribution in [2.75, 3.05) is 13.1 Å². The summed E-state index contributed by atoms with van der Waals surface area (Å²) in [5.74, 6) is 0.654. The van der Waals surface area contributed by atoms with Crippen molar-refractivity contribution in [1.29, 1.82) is 0 Å². The number of benzene rings is 2. The topological polar surface area (TPSA) is 50.4 Å². The van der Waals surface area contributed by atoms with Crippen LogP contribution < -0.4 is 15.4 Å². The van der Waals surface area contributed by atoms with E-state index in [2.05, 4.69) is 52.6 Å². The van der Waals surface area contributed by atoms with Crippen molar-refractivity contribution in [1.82, 2.24) is 10.6 Å². The molecule has 1 heterocycles. The summed E-state index contributed by atoms with van der Waals surface area (Å²) in [7, 11) is 0. The highest BCUT2D eigenvalue weighted by molar-refractivity contribution is 7.08. The summed E-state index contributed by atoms with van der Waals surface area (Å²) in [4.78, 5) is 10.9. The van der Waals surface area contributed by atoms with Crippen LogP contribution in [0.15, 0.2) is 53.2 Å². The molecule has 1 aromatic heterocycles. The first-order valence-corrected chi connectivity index (χ1v) is 10.8. The first-order valence-electron chi connectivity index (χ1n) is 9.52. The van der Waals surface area contributed by atoms with E-state index < -0.39 is 0 Å². The molecule has 2 aromatic carbocycles. The average molecular weight is 429 g/mol. The Bertz CT molecular complexity index is 958. The van der Waals surface area contributed by atoms with Crippen molar-refractivity contribution in [3.05, 3.63) is 74.9 Å². The number of carbonyl (C=O) groups excluding carboxylic acids is 1. The van der Waals surface area contributed by atoms with Crippen molar-refractivity contribution in [3.8, 4) is 16.9 Å². The van der Waals surface area contributed by atoms with Gasteiger partial charge in [0.05, 0.1) is 5.02 Å². The van der Waals surface area contributed by atoms with E-state index in [1.807, 2.05) is 18.2 Å². The molecule has 152 valence electrons. The Morgan fingerprint density at radius 2 is 2.03 bits per heavy atom. The van der Waals surface area contributed by atoms with Gasteiger partial charge in [0.25, 0.3) is 0 Å². The Morgan fingerprint density at radius 3 is 2.76 bits per heavy atom. The fourth-order valence-electron chi connectivity index (χ4n) is 3.06.